The van der Waals surface area contributed by atoms with Crippen molar-refractivity contribution in [3.8, 4) is 11.5 Å². The van der Waals surface area contributed by atoms with Crippen LogP contribution in [0.2, 0.25) is 0 Å². The standard InChI is InChI=1S/C11H13N5S/c17-11-7-4-2-1-3-5-8(7)13-10(14-11)9-6-12-16-15-9/h6H,1-5H2,(H,12,15,16)(H,13,14,17). The smallest absolute Gasteiger partial charge is 0.161 e. The third-order valence-electron chi connectivity index (χ3n) is 3.12. The number of nitrogens with one attached hydrogen (secondary N) is 2. The fourth-order valence-electron chi connectivity index (χ4n) is 2.23. The zero-order valence-electron chi connectivity index (χ0n) is 9.36. The van der Waals surface area contributed by atoms with Gasteiger partial charge in [0.25, 0.3) is 0 Å². The minimum atomic E-state index is 0.707. The van der Waals surface area contributed by atoms with Gasteiger partial charge in [-0.15, -0.1) is 0 Å². The van der Waals surface area contributed by atoms with Gasteiger partial charge in [-0.2, -0.15) is 15.4 Å². The third kappa shape index (κ3) is 2.00. The zero-order chi connectivity index (χ0) is 11.7. The summed E-state index contributed by atoms with van der Waals surface area (Å²) in [5.74, 6) is 0.712. The largest absolute Gasteiger partial charge is 0.341 e. The topological polar surface area (TPSA) is 70.2 Å². The van der Waals surface area contributed by atoms with E-state index in [1.54, 1.807) is 6.20 Å². The van der Waals surface area contributed by atoms with Gasteiger partial charge in [0.2, 0.25) is 0 Å². The van der Waals surface area contributed by atoms with Crippen molar-refractivity contribution in [3.05, 3.63) is 22.1 Å². The molecular weight excluding hydrogens is 234 g/mol. The second kappa shape index (κ2) is 4.37. The lowest BCUT2D eigenvalue weighted by Crippen LogP contribution is -2.02. The van der Waals surface area contributed by atoms with E-state index in [-0.39, 0.29) is 0 Å². The van der Waals surface area contributed by atoms with E-state index in [4.69, 9.17) is 12.2 Å². The van der Waals surface area contributed by atoms with Crippen LogP contribution in [0.4, 0.5) is 0 Å². The maximum Gasteiger partial charge on any atom is 0.161 e. The molecule has 17 heavy (non-hydrogen) atoms. The number of aromatic amines is 2. The fourth-order valence-corrected chi connectivity index (χ4v) is 2.55. The first kappa shape index (κ1) is 10.6. The van der Waals surface area contributed by atoms with Crippen molar-refractivity contribution in [2.45, 2.75) is 32.1 Å². The molecule has 0 saturated heterocycles. The number of hydrogen-bond donors (Lipinski definition) is 2. The van der Waals surface area contributed by atoms with Crippen LogP contribution in [0.5, 0.6) is 0 Å². The highest BCUT2D eigenvalue weighted by Crippen LogP contribution is 2.21. The van der Waals surface area contributed by atoms with Crippen LogP contribution in [0.1, 0.15) is 30.5 Å². The Bertz CT molecular complexity index is 572. The minimum absolute atomic E-state index is 0.707. The molecule has 5 nitrogen and oxygen atoms in total. The zero-order valence-corrected chi connectivity index (χ0v) is 10.2. The highest BCUT2D eigenvalue weighted by molar-refractivity contribution is 7.71. The molecular formula is C11H13N5S. The first-order chi connectivity index (χ1) is 8.34. The Balaban J connectivity index is 2.12. The van der Waals surface area contributed by atoms with E-state index in [1.807, 2.05) is 0 Å². The van der Waals surface area contributed by atoms with Crippen molar-refractivity contribution in [2.75, 3.05) is 0 Å². The second-order valence-electron chi connectivity index (χ2n) is 4.26. The Morgan fingerprint density at radius 3 is 2.88 bits per heavy atom. The monoisotopic (exact) mass is 247 g/mol. The summed E-state index contributed by atoms with van der Waals surface area (Å²) in [5, 5.41) is 10.4. The lowest BCUT2D eigenvalue weighted by molar-refractivity contribution is 0.708. The lowest BCUT2D eigenvalue weighted by Gasteiger charge is -2.07. The average Bonchev–Trinajstić information content (AvgIpc) is 2.75. The number of aromatic nitrogens is 5. The van der Waals surface area contributed by atoms with Gasteiger partial charge in [-0.05, 0) is 25.7 Å². The minimum Gasteiger partial charge on any atom is -0.341 e. The molecule has 0 spiro atoms. The van der Waals surface area contributed by atoms with E-state index < -0.39 is 0 Å². The summed E-state index contributed by atoms with van der Waals surface area (Å²) >= 11 is 5.37. The van der Waals surface area contributed by atoms with Gasteiger partial charge in [0, 0.05) is 11.3 Å². The Morgan fingerprint density at radius 1 is 1.18 bits per heavy atom. The number of fused-ring (bicyclic) bond motifs is 1. The van der Waals surface area contributed by atoms with Crippen molar-refractivity contribution in [1.82, 2.24) is 25.4 Å². The maximum absolute atomic E-state index is 5.37. The molecule has 0 radical (unpaired) electrons. The summed E-state index contributed by atoms with van der Waals surface area (Å²) < 4.78 is 0.707. The first-order valence-corrected chi connectivity index (χ1v) is 6.23. The van der Waals surface area contributed by atoms with Gasteiger partial charge in [0.05, 0.1) is 6.20 Å². The van der Waals surface area contributed by atoms with Crippen LogP contribution in [-0.4, -0.2) is 25.4 Å². The predicted molar refractivity (Wildman–Crippen MR) is 66.1 cm³/mol. The molecule has 1 aliphatic rings. The molecule has 0 saturated carbocycles. The lowest BCUT2D eigenvalue weighted by atomic mass is 10.1. The van der Waals surface area contributed by atoms with Crippen molar-refractivity contribution in [2.24, 2.45) is 0 Å². The molecule has 88 valence electrons. The van der Waals surface area contributed by atoms with Crippen LogP contribution in [0.15, 0.2) is 6.20 Å². The van der Waals surface area contributed by atoms with Crippen molar-refractivity contribution < 1.29 is 0 Å². The van der Waals surface area contributed by atoms with Crippen molar-refractivity contribution >= 4 is 12.2 Å². The molecule has 0 aromatic carbocycles. The summed E-state index contributed by atoms with van der Waals surface area (Å²) in [7, 11) is 0. The van der Waals surface area contributed by atoms with Crippen LogP contribution in [0.3, 0.4) is 0 Å². The summed E-state index contributed by atoms with van der Waals surface area (Å²) in [6.45, 7) is 0. The summed E-state index contributed by atoms with van der Waals surface area (Å²) in [6.07, 6.45) is 7.41. The van der Waals surface area contributed by atoms with Crippen LogP contribution in [0, 0.1) is 4.64 Å². The molecule has 0 unspecified atom stereocenters. The number of H-pyrrole nitrogens is 2. The molecule has 1 aliphatic carbocycles. The van der Waals surface area contributed by atoms with Gasteiger partial charge in [-0.1, -0.05) is 18.6 Å². The van der Waals surface area contributed by atoms with E-state index in [1.165, 1.54) is 30.5 Å². The van der Waals surface area contributed by atoms with Gasteiger partial charge in [-0.25, -0.2) is 4.98 Å². The number of nitrogens with zero attached hydrogens (tertiary/aromatic N) is 3. The van der Waals surface area contributed by atoms with Crippen LogP contribution in [0.25, 0.3) is 11.5 Å². The number of rotatable bonds is 1. The molecule has 2 N–H and O–H groups in total. The Morgan fingerprint density at radius 2 is 2.06 bits per heavy atom. The van der Waals surface area contributed by atoms with E-state index >= 15 is 0 Å². The van der Waals surface area contributed by atoms with Crippen molar-refractivity contribution in [3.63, 3.8) is 0 Å². The average molecular weight is 247 g/mol. The highest BCUT2D eigenvalue weighted by Gasteiger charge is 2.13. The normalized spacial score (nSPS) is 15.3. The number of aryl methyl sites for hydroxylation is 1. The Labute approximate surface area is 104 Å². The molecule has 6 heteroatoms. The molecule has 2 aromatic heterocycles. The molecule has 0 bridgehead atoms. The fraction of sp³-hybridized carbons (Fsp3) is 0.455. The molecule has 0 aliphatic heterocycles. The van der Waals surface area contributed by atoms with Gasteiger partial charge in [0.1, 0.15) is 10.3 Å². The summed E-state index contributed by atoms with van der Waals surface area (Å²) in [5.41, 5.74) is 3.15. The Kier molecular flexibility index (Phi) is 2.72. The van der Waals surface area contributed by atoms with Gasteiger partial charge in [0.15, 0.2) is 5.82 Å². The summed E-state index contributed by atoms with van der Waals surface area (Å²) in [4.78, 5) is 7.76. The molecule has 0 atom stereocenters. The SMILES string of the molecule is S=c1nc(-c2cn[nH]n2)[nH]c2c1CCCCC2. The summed E-state index contributed by atoms with van der Waals surface area (Å²) in [6, 6.07) is 0. The van der Waals surface area contributed by atoms with Gasteiger partial charge < -0.3 is 4.98 Å². The van der Waals surface area contributed by atoms with E-state index in [0.29, 0.717) is 16.2 Å². The van der Waals surface area contributed by atoms with Crippen LogP contribution >= 0.6 is 12.2 Å². The van der Waals surface area contributed by atoms with Crippen molar-refractivity contribution in [1.29, 1.82) is 0 Å². The van der Waals surface area contributed by atoms with E-state index in [9.17, 15) is 0 Å². The maximum atomic E-state index is 5.37. The first-order valence-electron chi connectivity index (χ1n) is 5.83. The van der Waals surface area contributed by atoms with E-state index in [2.05, 4.69) is 25.4 Å². The quantitative estimate of drug-likeness (QED) is 0.598. The van der Waals surface area contributed by atoms with Crippen LogP contribution in [-0.2, 0) is 12.8 Å². The Hall–Kier alpha value is -1.56. The van der Waals surface area contributed by atoms with Gasteiger partial charge in [-0.3, -0.25) is 0 Å². The third-order valence-corrected chi connectivity index (χ3v) is 3.45. The molecule has 0 amide bonds. The van der Waals surface area contributed by atoms with E-state index in [0.717, 1.165) is 12.8 Å². The second-order valence-corrected chi connectivity index (χ2v) is 4.65. The molecule has 2 heterocycles. The number of hydrogen-bond acceptors (Lipinski definition) is 4. The molecule has 3 rings (SSSR count). The predicted octanol–water partition coefficient (Wildman–Crippen LogP) is 2.19. The molecule has 0 fully saturated rings. The molecule has 2 aromatic rings. The van der Waals surface area contributed by atoms with Crippen LogP contribution < -0.4 is 0 Å². The highest BCUT2D eigenvalue weighted by atomic mass is 32.1. The van der Waals surface area contributed by atoms with Gasteiger partial charge >= 0.3 is 0 Å².